The van der Waals surface area contributed by atoms with Crippen LogP contribution in [-0.4, -0.2) is 22.8 Å². The summed E-state index contributed by atoms with van der Waals surface area (Å²) in [6.45, 7) is 3.98. The lowest BCUT2D eigenvalue weighted by Crippen LogP contribution is -2.10. The molecule has 1 N–H and O–H groups in total. The molecule has 0 bridgehead atoms. The molecule has 1 aromatic heterocycles. The number of hydrogen-bond acceptors (Lipinski definition) is 4. The molecule has 4 rings (SSSR count). The Labute approximate surface area is 244 Å². The topological polar surface area (TPSA) is 65.4 Å². The molecule has 0 spiro atoms. The highest BCUT2D eigenvalue weighted by Gasteiger charge is 2.16. The van der Waals surface area contributed by atoms with Gasteiger partial charge in [0.1, 0.15) is 23.9 Å². The zero-order valence-electron chi connectivity index (χ0n) is 21.4. The van der Waals surface area contributed by atoms with Gasteiger partial charge in [-0.1, -0.05) is 35.3 Å². The lowest BCUT2D eigenvalue weighted by Gasteiger charge is -2.12. The van der Waals surface area contributed by atoms with Gasteiger partial charge in [-0.25, -0.2) is 4.39 Å². The number of ether oxygens (including phenoxy) is 2. The summed E-state index contributed by atoms with van der Waals surface area (Å²) in [4.78, 5) is 12.8. The Bertz CT molecular complexity index is 1540. The molecule has 6 nitrogen and oxygen atoms in total. The number of aromatic nitrogens is 2. The van der Waals surface area contributed by atoms with Crippen molar-refractivity contribution in [1.82, 2.24) is 9.78 Å². The maximum Gasteiger partial charge on any atom is 0.248 e. The van der Waals surface area contributed by atoms with Crippen LogP contribution in [0, 0.1) is 19.7 Å². The van der Waals surface area contributed by atoms with Gasteiger partial charge in [-0.15, -0.1) is 0 Å². The number of nitrogens with one attached hydrogen (secondary N) is 1. The van der Waals surface area contributed by atoms with E-state index in [1.807, 2.05) is 25.1 Å². The summed E-state index contributed by atoms with van der Waals surface area (Å²) in [6.07, 6.45) is 3.14. The molecule has 0 fully saturated rings. The van der Waals surface area contributed by atoms with E-state index in [4.69, 9.17) is 32.7 Å². The standard InChI is InChI=1S/C29H25BrCl2FN3O3/c1-17-29(18(2)36(35-17)15-22-24(32)5-4-6-25(22)33)34-28(37)12-8-19-7-10-26(38-3)20(13-19)16-39-27-11-9-21(31)14-23(27)30/h4-14H,15-16H2,1-3H3,(H,34,37)/b12-8-. The summed E-state index contributed by atoms with van der Waals surface area (Å²) < 4.78 is 28.0. The fraction of sp³-hybridized carbons (Fsp3) is 0.172. The SMILES string of the molecule is COc1ccc(/C=C\C(=O)Nc2c(C)nn(Cc3c(F)cccc3Cl)c2C)cc1COc1ccc(Cl)cc1Br. The predicted molar refractivity (Wildman–Crippen MR) is 156 cm³/mol. The van der Waals surface area contributed by atoms with Crippen molar-refractivity contribution in [2.24, 2.45) is 0 Å². The van der Waals surface area contributed by atoms with Gasteiger partial charge in [0.15, 0.2) is 0 Å². The summed E-state index contributed by atoms with van der Waals surface area (Å²) in [6, 6.07) is 15.4. The number of anilines is 1. The van der Waals surface area contributed by atoms with Crippen LogP contribution in [0.15, 0.2) is 65.1 Å². The van der Waals surface area contributed by atoms with Crippen LogP contribution in [-0.2, 0) is 17.9 Å². The smallest absolute Gasteiger partial charge is 0.248 e. The number of rotatable bonds is 9. The summed E-state index contributed by atoms with van der Waals surface area (Å²) in [5.74, 6) is 0.567. The van der Waals surface area contributed by atoms with Crippen LogP contribution in [0.25, 0.3) is 6.08 Å². The third kappa shape index (κ3) is 7.01. The molecule has 0 aliphatic carbocycles. The zero-order chi connectivity index (χ0) is 28.1. The van der Waals surface area contributed by atoms with Gasteiger partial charge in [-0.3, -0.25) is 9.48 Å². The van der Waals surface area contributed by atoms with E-state index < -0.39 is 5.82 Å². The number of halogens is 4. The van der Waals surface area contributed by atoms with Crippen molar-refractivity contribution in [2.75, 3.05) is 12.4 Å². The van der Waals surface area contributed by atoms with E-state index in [1.54, 1.807) is 55.1 Å². The number of nitrogens with zero attached hydrogens (tertiary/aromatic N) is 2. The fourth-order valence-corrected chi connectivity index (χ4v) is 4.98. The van der Waals surface area contributed by atoms with Crippen molar-refractivity contribution in [3.8, 4) is 11.5 Å². The van der Waals surface area contributed by atoms with E-state index >= 15 is 0 Å². The van der Waals surface area contributed by atoms with Gasteiger partial charge in [0, 0.05) is 27.2 Å². The van der Waals surface area contributed by atoms with Crippen molar-refractivity contribution in [1.29, 1.82) is 0 Å². The molecule has 39 heavy (non-hydrogen) atoms. The normalized spacial score (nSPS) is 11.2. The number of carbonyl (C=O) groups is 1. The van der Waals surface area contributed by atoms with Crippen LogP contribution in [0.4, 0.5) is 10.1 Å². The molecule has 0 saturated heterocycles. The van der Waals surface area contributed by atoms with Crippen LogP contribution >= 0.6 is 39.1 Å². The quantitative estimate of drug-likeness (QED) is 0.190. The summed E-state index contributed by atoms with van der Waals surface area (Å²) >= 11 is 15.6. The fourth-order valence-electron chi connectivity index (χ4n) is 3.96. The lowest BCUT2D eigenvalue weighted by atomic mass is 10.1. The predicted octanol–water partition coefficient (Wildman–Crippen LogP) is 8.00. The van der Waals surface area contributed by atoms with Crippen LogP contribution in [0.5, 0.6) is 11.5 Å². The molecular formula is C29H25BrCl2FN3O3. The molecular weight excluding hydrogens is 608 g/mol. The summed E-state index contributed by atoms with van der Waals surface area (Å²) in [7, 11) is 1.59. The highest BCUT2D eigenvalue weighted by Crippen LogP contribution is 2.30. The van der Waals surface area contributed by atoms with E-state index in [2.05, 4.69) is 26.3 Å². The van der Waals surface area contributed by atoms with Crippen molar-refractivity contribution in [3.63, 3.8) is 0 Å². The maximum atomic E-state index is 14.3. The van der Waals surface area contributed by atoms with E-state index in [-0.39, 0.29) is 19.1 Å². The Balaban J connectivity index is 1.46. The first-order chi connectivity index (χ1) is 18.7. The first kappa shape index (κ1) is 28.7. The Morgan fingerprint density at radius 2 is 1.90 bits per heavy atom. The van der Waals surface area contributed by atoms with Crippen molar-refractivity contribution in [3.05, 3.63) is 109 Å². The molecule has 0 radical (unpaired) electrons. The van der Waals surface area contributed by atoms with Gasteiger partial charge < -0.3 is 14.8 Å². The van der Waals surface area contributed by atoms with Crippen LogP contribution in [0.2, 0.25) is 10.0 Å². The van der Waals surface area contributed by atoms with E-state index in [0.29, 0.717) is 44.2 Å². The minimum atomic E-state index is -0.409. The number of amides is 1. The van der Waals surface area contributed by atoms with Gasteiger partial charge in [-0.2, -0.15) is 5.10 Å². The second-order valence-corrected chi connectivity index (χ2v) is 10.4. The second kappa shape index (κ2) is 12.7. The Hall–Kier alpha value is -3.33. The van der Waals surface area contributed by atoms with Gasteiger partial charge >= 0.3 is 0 Å². The average molecular weight is 633 g/mol. The lowest BCUT2D eigenvalue weighted by molar-refractivity contribution is -0.111. The van der Waals surface area contributed by atoms with Gasteiger partial charge in [-0.05, 0) is 83.9 Å². The number of carbonyl (C=O) groups excluding carboxylic acids is 1. The molecule has 0 unspecified atom stereocenters. The highest BCUT2D eigenvalue weighted by atomic mass is 79.9. The molecule has 0 atom stereocenters. The maximum absolute atomic E-state index is 14.3. The first-order valence-corrected chi connectivity index (χ1v) is 13.4. The summed E-state index contributed by atoms with van der Waals surface area (Å²) in [5.41, 5.74) is 3.80. The third-order valence-corrected chi connectivity index (χ3v) is 7.22. The largest absolute Gasteiger partial charge is 0.496 e. The van der Waals surface area contributed by atoms with Crippen LogP contribution in [0.3, 0.4) is 0 Å². The minimum Gasteiger partial charge on any atom is -0.496 e. The molecule has 0 saturated carbocycles. The monoisotopic (exact) mass is 631 g/mol. The van der Waals surface area contributed by atoms with E-state index in [1.165, 1.54) is 12.1 Å². The van der Waals surface area contributed by atoms with Gasteiger partial charge in [0.05, 0.1) is 35.2 Å². The van der Waals surface area contributed by atoms with Crippen molar-refractivity contribution >= 4 is 56.8 Å². The van der Waals surface area contributed by atoms with Gasteiger partial charge in [0.2, 0.25) is 5.91 Å². The molecule has 4 aromatic rings. The molecule has 0 aliphatic rings. The molecule has 1 heterocycles. The van der Waals surface area contributed by atoms with E-state index in [0.717, 1.165) is 15.6 Å². The number of benzene rings is 3. The Kier molecular flexibility index (Phi) is 9.32. The molecule has 202 valence electrons. The number of hydrogen-bond donors (Lipinski definition) is 1. The average Bonchev–Trinajstić information content (AvgIpc) is 3.16. The third-order valence-electron chi connectivity index (χ3n) is 6.01. The highest BCUT2D eigenvalue weighted by molar-refractivity contribution is 9.10. The van der Waals surface area contributed by atoms with Crippen LogP contribution in [0.1, 0.15) is 28.1 Å². The van der Waals surface area contributed by atoms with Crippen molar-refractivity contribution in [2.45, 2.75) is 27.0 Å². The second-order valence-electron chi connectivity index (χ2n) is 8.66. The molecule has 3 aromatic carbocycles. The minimum absolute atomic E-state index is 0.146. The van der Waals surface area contributed by atoms with Crippen molar-refractivity contribution < 1.29 is 18.7 Å². The summed E-state index contributed by atoms with van der Waals surface area (Å²) in [5, 5.41) is 8.26. The molecule has 0 aliphatic heterocycles. The molecule has 10 heteroatoms. The van der Waals surface area contributed by atoms with E-state index in [9.17, 15) is 9.18 Å². The first-order valence-electron chi connectivity index (χ1n) is 11.9. The Morgan fingerprint density at radius 3 is 2.62 bits per heavy atom. The number of methoxy groups -OCH3 is 1. The molecule has 1 amide bonds. The van der Waals surface area contributed by atoms with Crippen LogP contribution < -0.4 is 14.8 Å². The van der Waals surface area contributed by atoms with Gasteiger partial charge in [0.25, 0.3) is 0 Å². The Morgan fingerprint density at radius 1 is 1.13 bits per heavy atom. The zero-order valence-corrected chi connectivity index (χ0v) is 24.5. The number of aryl methyl sites for hydroxylation is 1.